The Hall–Kier alpha value is -2.83. The summed E-state index contributed by atoms with van der Waals surface area (Å²) in [5, 5.41) is 1.78. The van der Waals surface area contributed by atoms with Gasteiger partial charge in [0.05, 0.1) is 6.04 Å². The minimum atomic E-state index is -0.469. The molecule has 2 heterocycles. The zero-order valence-electron chi connectivity index (χ0n) is 16.4. The minimum Gasteiger partial charge on any atom is -0.385 e. The molecule has 2 amide bonds. The number of fused-ring (bicyclic) bond motifs is 3. The monoisotopic (exact) mass is 413 g/mol. The second-order valence-corrected chi connectivity index (χ2v) is 7.20. The molecule has 3 aromatic rings. The van der Waals surface area contributed by atoms with Gasteiger partial charge in [-0.15, -0.1) is 0 Å². The van der Waals surface area contributed by atoms with Crippen molar-refractivity contribution in [1.82, 2.24) is 9.88 Å². The van der Waals surface area contributed by atoms with Gasteiger partial charge < -0.3 is 20.4 Å². The highest BCUT2D eigenvalue weighted by Gasteiger charge is 2.31. The molecule has 29 heavy (non-hydrogen) atoms. The fourth-order valence-corrected chi connectivity index (χ4v) is 3.75. The van der Waals surface area contributed by atoms with Gasteiger partial charge in [0, 0.05) is 47.4 Å². The van der Waals surface area contributed by atoms with Crippen LogP contribution < -0.4 is 5.73 Å². The highest BCUT2D eigenvalue weighted by Crippen LogP contribution is 2.38. The smallest absolute Gasteiger partial charge is 0.248 e. The molecule has 1 aromatic heterocycles. The van der Waals surface area contributed by atoms with Crippen molar-refractivity contribution in [3.05, 3.63) is 69.9 Å². The second kappa shape index (κ2) is 9.11. The number of primary amides is 1. The number of nitrogens with two attached hydrogens (primary N) is 1. The van der Waals surface area contributed by atoms with Crippen LogP contribution in [-0.2, 0) is 16.0 Å². The summed E-state index contributed by atoms with van der Waals surface area (Å²) in [5.41, 5.74) is 9.85. The quantitative estimate of drug-likeness (QED) is 0.639. The van der Waals surface area contributed by atoms with E-state index in [0.29, 0.717) is 17.1 Å². The Bertz CT molecular complexity index is 1010. The van der Waals surface area contributed by atoms with Crippen LogP contribution in [0.15, 0.2) is 42.5 Å². The van der Waals surface area contributed by atoms with Crippen LogP contribution in [0.3, 0.4) is 0 Å². The zero-order valence-corrected chi connectivity index (χ0v) is 17.2. The third-order valence-electron chi connectivity index (χ3n) is 5.06. The fourth-order valence-electron chi connectivity index (χ4n) is 3.58. The average molecular weight is 414 g/mol. The van der Waals surface area contributed by atoms with E-state index in [-0.39, 0.29) is 6.04 Å². The summed E-state index contributed by atoms with van der Waals surface area (Å²) in [6.45, 7) is 3.40. The highest BCUT2D eigenvalue weighted by molar-refractivity contribution is 6.31. The van der Waals surface area contributed by atoms with Gasteiger partial charge in [-0.2, -0.15) is 0 Å². The Morgan fingerprint density at radius 1 is 1.31 bits per heavy atom. The van der Waals surface area contributed by atoms with Gasteiger partial charge in [-0.05, 0) is 54.8 Å². The number of halogens is 1. The third kappa shape index (κ3) is 4.28. The van der Waals surface area contributed by atoms with Gasteiger partial charge in [0.1, 0.15) is 0 Å². The molecule has 6 nitrogen and oxygen atoms in total. The molecule has 0 saturated carbocycles. The lowest BCUT2D eigenvalue weighted by Crippen LogP contribution is -2.35. The summed E-state index contributed by atoms with van der Waals surface area (Å²) >= 11 is 6.15. The molecule has 0 fully saturated rings. The second-order valence-electron chi connectivity index (χ2n) is 6.77. The van der Waals surface area contributed by atoms with Crippen molar-refractivity contribution in [2.24, 2.45) is 5.73 Å². The van der Waals surface area contributed by atoms with E-state index in [2.05, 4.69) is 9.72 Å². The number of ether oxygens (including phenoxy) is 1. The van der Waals surface area contributed by atoms with Gasteiger partial charge in [-0.1, -0.05) is 23.7 Å². The first-order chi connectivity index (χ1) is 14.0. The average Bonchev–Trinajstić information content (AvgIpc) is 3.11. The number of hydrogen-bond donors (Lipinski definition) is 2. The van der Waals surface area contributed by atoms with Gasteiger partial charge in [0.25, 0.3) is 0 Å². The number of nitrogens with one attached hydrogen (secondary N) is 1. The van der Waals surface area contributed by atoms with Crippen LogP contribution in [0.5, 0.6) is 0 Å². The molecule has 2 aromatic carbocycles. The molecule has 0 saturated heterocycles. The molecule has 0 spiro atoms. The first-order valence-corrected chi connectivity index (χ1v) is 9.77. The number of amides is 2. The molecule has 7 heteroatoms. The maximum absolute atomic E-state index is 11.6. The molecular weight excluding hydrogens is 390 g/mol. The Balaban J connectivity index is 0.000000552. The van der Waals surface area contributed by atoms with Gasteiger partial charge in [-0.25, -0.2) is 0 Å². The van der Waals surface area contributed by atoms with E-state index in [1.54, 1.807) is 24.1 Å². The molecule has 152 valence electrons. The number of aromatic amines is 1. The Labute approximate surface area is 174 Å². The van der Waals surface area contributed by atoms with Crippen LogP contribution in [0.2, 0.25) is 5.02 Å². The van der Waals surface area contributed by atoms with Crippen molar-refractivity contribution in [2.45, 2.75) is 19.4 Å². The number of nitrogens with zero attached hydrogens (tertiary/aromatic N) is 1. The predicted molar refractivity (Wildman–Crippen MR) is 114 cm³/mol. The summed E-state index contributed by atoms with van der Waals surface area (Å²) in [5.74, 6) is -0.469. The number of carbonyl (C=O) groups excluding carboxylic acids is 2. The van der Waals surface area contributed by atoms with Crippen LogP contribution in [0, 0.1) is 0 Å². The molecule has 1 atom stereocenters. The van der Waals surface area contributed by atoms with Gasteiger partial charge >= 0.3 is 0 Å². The molecule has 1 aliphatic heterocycles. The van der Waals surface area contributed by atoms with Gasteiger partial charge in [0.15, 0.2) is 0 Å². The van der Waals surface area contributed by atoms with Crippen LogP contribution in [0.4, 0.5) is 0 Å². The Morgan fingerprint density at radius 3 is 2.59 bits per heavy atom. The molecule has 0 radical (unpaired) electrons. The molecule has 1 unspecified atom stereocenters. The normalized spacial score (nSPS) is 15.4. The van der Waals surface area contributed by atoms with E-state index in [1.165, 1.54) is 5.56 Å². The number of methoxy groups -OCH3 is 1. The van der Waals surface area contributed by atoms with Crippen LogP contribution >= 0.6 is 11.6 Å². The van der Waals surface area contributed by atoms with Crippen molar-refractivity contribution in [2.75, 3.05) is 20.3 Å². The number of rotatable bonds is 4. The van der Waals surface area contributed by atoms with Crippen molar-refractivity contribution in [3.8, 4) is 0 Å². The third-order valence-corrected chi connectivity index (χ3v) is 5.30. The Kier molecular flexibility index (Phi) is 6.56. The molecular formula is C22H24ClN3O3. The number of aromatic nitrogens is 1. The van der Waals surface area contributed by atoms with Gasteiger partial charge in [-0.3, -0.25) is 9.59 Å². The molecule has 4 rings (SSSR count). The van der Waals surface area contributed by atoms with E-state index in [9.17, 15) is 9.59 Å². The molecule has 1 aliphatic rings. The summed E-state index contributed by atoms with van der Waals surface area (Å²) in [4.78, 5) is 28.1. The van der Waals surface area contributed by atoms with E-state index in [0.717, 1.165) is 41.6 Å². The SMILES string of the molecule is CCOC.NC(=O)c1ccc(C2c3[nH]c4ccc(Cl)cc4c3CCN2C=O)cc1. The number of carbonyl (C=O) groups is 2. The van der Waals surface area contributed by atoms with Crippen molar-refractivity contribution < 1.29 is 14.3 Å². The van der Waals surface area contributed by atoms with Crippen LogP contribution in [0.25, 0.3) is 10.9 Å². The predicted octanol–water partition coefficient (Wildman–Crippen LogP) is 3.68. The summed E-state index contributed by atoms with van der Waals surface area (Å²) in [6, 6.07) is 12.6. The molecule has 3 N–H and O–H groups in total. The molecule has 0 bridgehead atoms. The largest absolute Gasteiger partial charge is 0.385 e. The van der Waals surface area contributed by atoms with Gasteiger partial charge in [0.2, 0.25) is 12.3 Å². The van der Waals surface area contributed by atoms with Crippen LogP contribution in [-0.4, -0.2) is 42.5 Å². The van der Waals surface area contributed by atoms with E-state index in [1.807, 2.05) is 37.3 Å². The maximum Gasteiger partial charge on any atom is 0.248 e. The topological polar surface area (TPSA) is 88.4 Å². The lowest BCUT2D eigenvalue weighted by Gasteiger charge is -2.33. The standard InChI is InChI=1S/C19H16ClN3O2.C3H8O/c20-13-5-6-16-15(9-13)14-7-8-23(10-24)18(17(14)22-16)11-1-3-12(4-2-11)19(21)25;1-3-4-2/h1-6,9-10,18,22H,7-8H2,(H2,21,25);3H2,1-2H3. The number of benzene rings is 2. The van der Waals surface area contributed by atoms with Crippen molar-refractivity contribution in [1.29, 1.82) is 0 Å². The first kappa shape index (κ1) is 20.9. The van der Waals surface area contributed by atoms with E-state index >= 15 is 0 Å². The summed E-state index contributed by atoms with van der Waals surface area (Å²) in [7, 11) is 1.68. The lowest BCUT2D eigenvalue weighted by molar-refractivity contribution is -0.120. The molecule has 0 aliphatic carbocycles. The zero-order chi connectivity index (χ0) is 21.0. The number of H-pyrrole nitrogens is 1. The minimum absolute atomic E-state index is 0.227. The lowest BCUT2D eigenvalue weighted by atomic mass is 9.92. The highest BCUT2D eigenvalue weighted by atomic mass is 35.5. The van der Waals surface area contributed by atoms with Crippen molar-refractivity contribution in [3.63, 3.8) is 0 Å². The van der Waals surface area contributed by atoms with Crippen LogP contribution in [0.1, 0.15) is 40.1 Å². The summed E-state index contributed by atoms with van der Waals surface area (Å²) < 4.78 is 4.54. The summed E-state index contributed by atoms with van der Waals surface area (Å²) in [6.07, 6.45) is 1.64. The van der Waals surface area contributed by atoms with E-state index < -0.39 is 5.91 Å². The van der Waals surface area contributed by atoms with Crippen molar-refractivity contribution >= 4 is 34.8 Å². The maximum atomic E-state index is 11.6. The van der Waals surface area contributed by atoms with E-state index in [4.69, 9.17) is 17.3 Å². The Morgan fingerprint density at radius 2 is 2.00 bits per heavy atom. The fraction of sp³-hybridized carbons (Fsp3) is 0.273. The first-order valence-electron chi connectivity index (χ1n) is 9.39. The number of hydrogen-bond acceptors (Lipinski definition) is 3.